The predicted octanol–water partition coefficient (Wildman–Crippen LogP) is 3.74. The van der Waals surface area contributed by atoms with E-state index in [2.05, 4.69) is 10.4 Å². The highest BCUT2D eigenvalue weighted by Crippen LogP contribution is 2.36. The van der Waals surface area contributed by atoms with Gasteiger partial charge in [0.05, 0.1) is 6.61 Å². The van der Waals surface area contributed by atoms with Crippen LogP contribution in [0.3, 0.4) is 0 Å². The van der Waals surface area contributed by atoms with Crippen molar-refractivity contribution in [2.75, 3.05) is 11.9 Å². The van der Waals surface area contributed by atoms with Crippen LogP contribution in [0.1, 0.15) is 23.1 Å². The molecule has 0 spiro atoms. The smallest absolute Gasteiger partial charge is 0.434 e. The van der Waals surface area contributed by atoms with Crippen molar-refractivity contribution in [3.63, 3.8) is 0 Å². The summed E-state index contributed by atoms with van der Waals surface area (Å²) in [6.07, 6.45) is -4.70. The zero-order valence-electron chi connectivity index (χ0n) is 12.2. The van der Waals surface area contributed by atoms with Gasteiger partial charge in [-0.2, -0.15) is 18.3 Å². The second-order valence-corrected chi connectivity index (χ2v) is 4.92. The fourth-order valence-electron chi connectivity index (χ4n) is 1.94. The molecule has 0 fully saturated rings. The molecule has 0 aliphatic heterocycles. The molecule has 0 atom stereocenters. The lowest BCUT2D eigenvalue weighted by molar-refractivity contribution is -0.143. The number of ether oxygens (including phenoxy) is 1. The number of rotatable bonds is 4. The van der Waals surface area contributed by atoms with Crippen LogP contribution in [0.25, 0.3) is 0 Å². The number of benzene rings is 1. The minimum atomic E-state index is -4.70. The molecule has 0 radical (unpaired) electrons. The van der Waals surface area contributed by atoms with E-state index in [4.69, 9.17) is 16.3 Å². The van der Waals surface area contributed by atoms with Crippen molar-refractivity contribution in [3.05, 3.63) is 40.7 Å². The number of aromatic nitrogens is 2. The van der Waals surface area contributed by atoms with Gasteiger partial charge in [0.25, 0.3) is 5.91 Å². The number of hydrogen-bond acceptors (Lipinski definition) is 3. The van der Waals surface area contributed by atoms with Crippen LogP contribution in [0.4, 0.5) is 18.9 Å². The number of anilines is 1. The average molecular weight is 348 g/mol. The van der Waals surface area contributed by atoms with Gasteiger partial charge in [-0.05, 0) is 31.2 Å². The molecule has 2 aromatic rings. The Morgan fingerprint density at radius 2 is 1.96 bits per heavy atom. The molecule has 0 unspecified atom stereocenters. The lowest BCUT2D eigenvalue weighted by Gasteiger charge is -2.07. The van der Waals surface area contributed by atoms with Crippen molar-refractivity contribution < 1.29 is 22.7 Å². The van der Waals surface area contributed by atoms with Crippen LogP contribution in [-0.4, -0.2) is 22.3 Å². The number of alkyl halides is 3. The van der Waals surface area contributed by atoms with Crippen LogP contribution in [-0.2, 0) is 13.2 Å². The quantitative estimate of drug-likeness (QED) is 0.916. The third kappa shape index (κ3) is 3.76. The minimum absolute atomic E-state index is 0.383. The molecule has 1 N–H and O–H groups in total. The van der Waals surface area contributed by atoms with E-state index in [1.54, 1.807) is 24.3 Å². The van der Waals surface area contributed by atoms with Gasteiger partial charge >= 0.3 is 6.18 Å². The highest BCUT2D eigenvalue weighted by molar-refractivity contribution is 6.34. The molecular weight excluding hydrogens is 335 g/mol. The van der Waals surface area contributed by atoms with E-state index in [0.717, 1.165) is 7.05 Å². The molecule has 0 bridgehead atoms. The molecule has 1 amide bonds. The molecule has 5 nitrogen and oxygen atoms in total. The Kier molecular flexibility index (Phi) is 4.84. The summed E-state index contributed by atoms with van der Waals surface area (Å²) in [4.78, 5) is 12.1. The predicted molar refractivity (Wildman–Crippen MR) is 78.8 cm³/mol. The Balaban J connectivity index is 2.21. The first-order valence-electron chi connectivity index (χ1n) is 6.58. The minimum Gasteiger partial charge on any atom is -0.494 e. The SMILES string of the molecule is CCOc1ccc(NC(=O)c2nn(C)c(C(F)(F)F)c2Cl)cc1. The summed E-state index contributed by atoms with van der Waals surface area (Å²) in [5.74, 6) is -0.217. The molecule has 0 aliphatic rings. The van der Waals surface area contributed by atoms with Gasteiger partial charge in [0.2, 0.25) is 0 Å². The molecule has 23 heavy (non-hydrogen) atoms. The molecule has 0 saturated heterocycles. The molecule has 124 valence electrons. The molecular formula is C14H13ClF3N3O2. The van der Waals surface area contributed by atoms with Gasteiger partial charge in [-0.1, -0.05) is 11.6 Å². The van der Waals surface area contributed by atoms with Gasteiger partial charge < -0.3 is 10.1 Å². The number of aryl methyl sites for hydroxylation is 1. The standard InChI is InChI=1S/C14H13ClF3N3O2/c1-3-23-9-6-4-8(5-7-9)19-13(22)11-10(15)12(14(16,17)18)21(2)20-11/h4-7H,3H2,1-2H3,(H,19,22). The number of nitrogens with one attached hydrogen (secondary N) is 1. The van der Waals surface area contributed by atoms with Crippen molar-refractivity contribution in [3.8, 4) is 5.75 Å². The molecule has 0 aliphatic carbocycles. The number of hydrogen-bond donors (Lipinski definition) is 1. The van der Waals surface area contributed by atoms with Crippen molar-refractivity contribution in [1.82, 2.24) is 9.78 Å². The average Bonchev–Trinajstić information content (AvgIpc) is 2.76. The first-order chi connectivity index (χ1) is 10.7. The van der Waals surface area contributed by atoms with Crippen LogP contribution in [0, 0.1) is 0 Å². The molecule has 9 heteroatoms. The zero-order valence-corrected chi connectivity index (χ0v) is 13.0. The van der Waals surface area contributed by atoms with E-state index in [9.17, 15) is 18.0 Å². The largest absolute Gasteiger partial charge is 0.494 e. The van der Waals surface area contributed by atoms with Crippen LogP contribution in [0.5, 0.6) is 5.75 Å². The summed E-state index contributed by atoms with van der Waals surface area (Å²) < 4.78 is 44.3. The molecule has 1 aromatic heterocycles. The Morgan fingerprint density at radius 1 is 1.35 bits per heavy atom. The molecule has 2 rings (SSSR count). The van der Waals surface area contributed by atoms with Gasteiger partial charge in [-0.25, -0.2) is 0 Å². The van der Waals surface area contributed by atoms with E-state index < -0.39 is 28.5 Å². The Labute approximate surface area is 135 Å². The van der Waals surface area contributed by atoms with Crippen LogP contribution in [0.15, 0.2) is 24.3 Å². The maximum atomic E-state index is 12.8. The lowest BCUT2D eigenvalue weighted by atomic mass is 10.2. The van der Waals surface area contributed by atoms with Crippen LogP contribution in [0.2, 0.25) is 5.02 Å². The maximum absolute atomic E-state index is 12.8. The number of halogens is 4. The highest BCUT2D eigenvalue weighted by Gasteiger charge is 2.39. The van der Waals surface area contributed by atoms with E-state index >= 15 is 0 Å². The molecule has 1 heterocycles. The van der Waals surface area contributed by atoms with E-state index in [0.29, 0.717) is 22.7 Å². The summed E-state index contributed by atoms with van der Waals surface area (Å²) in [7, 11) is 1.07. The summed E-state index contributed by atoms with van der Waals surface area (Å²) in [6.45, 7) is 2.33. The Morgan fingerprint density at radius 3 is 2.43 bits per heavy atom. The number of carbonyl (C=O) groups excluding carboxylic acids is 1. The third-order valence-electron chi connectivity index (χ3n) is 2.90. The van der Waals surface area contributed by atoms with Crippen molar-refractivity contribution in [1.29, 1.82) is 0 Å². The number of nitrogens with zero attached hydrogens (tertiary/aromatic N) is 2. The summed E-state index contributed by atoms with van der Waals surface area (Å²) in [5.41, 5.74) is -1.28. The molecule has 0 saturated carbocycles. The maximum Gasteiger partial charge on any atom is 0.434 e. The number of carbonyl (C=O) groups is 1. The highest BCUT2D eigenvalue weighted by atomic mass is 35.5. The Bertz CT molecular complexity index is 711. The topological polar surface area (TPSA) is 56.1 Å². The van der Waals surface area contributed by atoms with Crippen molar-refractivity contribution in [2.45, 2.75) is 13.1 Å². The summed E-state index contributed by atoms with van der Waals surface area (Å²) >= 11 is 5.66. The Hall–Kier alpha value is -2.22. The summed E-state index contributed by atoms with van der Waals surface area (Å²) in [5, 5.41) is 5.25. The number of amides is 1. The fourth-order valence-corrected chi connectivity index (χ4v) is 2.30. The van der Waals surface area contributed by atoms with Gasteiger partial charge in [0.15, 0.2) is 11.4 Å². The fraction of sp³-hybridized carbons (Fsp3) is 0.286. The zero-order chi connectivity index (χ0) is 17.2. The first-order valence-corrected chi connectivity index (χ1v) is 6.95. The first kappa shape index (κ1) is 17.1. The third-order valence-corrected chi connectivity index (χ3v) is 3.25. The van der Waals surface area contributed by atoms with E-state index in [1.165, 1.54) is 0 Å². The van der Waals surface area contributed by atoms with Gasteiger partial charge in [0, 0.05) is 12.7 Å². The van der Waals surface area contributed by atoms with Crippen LogP contribution >= 0.6 is 11.6 Å². The van der Waals surface area contributed by atoms with Crippen LogP contribution < -0.4 is 10.1 Å². The second-order valence-electron chi connectivity index (χ2n) is 4.54. The second kappa shape index (κ2) is 6.49. The van der Waals surface area contributed by atoms with Gasteiger partial charge in [0.1, 0.15) is 10.8 Å². The van der Waals surface area contributed by atoms with Gasteiger partial charge in [-0.3, -0.25) is 9.48 Å². The van der Waals surface area contributed by atoms with E-state index in [1.807, 2.05) is 6.92 Å². The lowest BCUT2D eigenvalue weighted by Crippen LogP contribution is -2.13. The van der Waals surface area contributed by atoms with E-state index in [-0.39, 0.29) is 0 Å². The van der Waals surface area contributed by atoms with Crippen molar-refractivity contribution >= 4 is 23.2 Å². The molecule has 1 aromatic carbocycles. The monoisotopic (exact) mass is 347 g/mol. The van der Waals surface area contributed by atoms with Crippen molar-refractivity contribution in [2.24, 2.45) is 7.05 Å². The normalized spacial score (nSPS) is 11.4. The summed E-state index contributed by atoms with van der Waals surface area (Å²) in [6, 6.07) is 6.37. The van der Waals surface area contributed by atoms with Gasteiger partial charge in [-0.15, -0.1) is 0 Å².